The fraction of sp³-hybridized carbons (Fsp3) is 0.342. The van der Waals surface area contributed by atoms with Crippen molar-refractivity contribution in [1.82, 2.24) is 0 Å². The Balaban J connectivity index is 0.00000168. The molecule has 0 unspecified atom stereocenters. The minimum atomic E-state index is -0.165. The number of rotatable bonds is 18. The summed E-state index contributed by atoms with van der Waals surface area (Å²) in [5.74, 6) is 0. The van der Waals surface area contributed by atoms with E-state index in [4.69, 9.17) is 0 Å². The molecule has 8 aromatic rings. The van der Waals surface area contributed by atoms with Crippen molar-refractivity contribution < 1.29 is 0 Å². The van der Waals surface area contributed by atoms with E-state index < -0.39 is 0 Å². The highest BCUT2D eigenvalue weighted by atomic mass is 15.2. The monoisotopic (exact) mass is 989 g/mol. The smallest absolute Gasteiger partial charge is 0.0520 e. The molecule has 0 fully saturated rings. The Hall–Kier alpha value is -6.64. The summed E-state index contributed by atoms with van der Waals surface area (Å²) in [7, 11) is 0. The number of aryl methyl sites for hydroxylation is 12. The van der Waals surface area contributed by atoms with Crippen LogP contribution in [0, 0.1) is 41.5 Å². The standard InChI is InChI=1S/C69H72N2.2C2H6/c1-47-39-49(3)67(50(4)40-47)70(59-21-13-7-14-22-59)61-33-35-63-64-36-34-62(71(60-23-15-8-16-24-60)68-51(5)41-48(2)42-52(68)6)46-66(64)69(65(63)45-61,37-17-9-11-19-53-25-27-55-29-31-57(55)43-53)38-18-10-12-20-54-26-28-56-30-32-58(56)44-54;2*1-2/h7-8,13-16,21-28,33-36,39-46H,9-12,17-20,29-32,37-38H2,1-6H3;2*1-2H3. The zero-order valence-corrected chi connectivity index (χ0v) is 47.3. The molecule has 0 N–H and O–H groups in total. The van der Waals surface area contributed by atoms with E-state index in [1.807, 2.05) is 27.7 Å². The molecule has 0 amide bonds. The number of hydrogen-bond donors (Lipinski definition) is 0. The maximum atomic E-state index is 2.63. The minimum absolute atomic E-state index is 0.165. The van der Waals surface area contributed by atoms with E-state index in [2.05, 4.69) is 209 Å². The van der Waals surface area contributed by atoms with Crippen LogP contribution in [0.25, 0.3) is 11.1 Å². The summed E-state index contributed by atoms with van der Waals surface area (Å²) in [6.45, 7) is 21.6. The van der Waals surface area contributed by atoms with Gasteiger partial charge in [0.25, 0.3) is 0 Å². The Kier molecular flexibility index (Phi) is 17.0. The lowest BCUT2D eigenvalue weighted by Gasteiger charge is -2.36. The number of fused-ring (bicyclic) bond motifs is 5. The Morgan fingerprint density at radius 1 is 0.347 bits per heavy atom. The molecule has 0 saturated carbocycles. The molecule has 0 spiro atoms. The number of unbranched alkanes of at least 4 members (excludes halogenated alkanes) is 4. The van der Waals surface area contributed by atoms with E-state index in [-0.39, 0.29) is 5.41 Å². The van der Waals surface area contributed by atoms with Crippen molar-refractivity contribution in [2.75, 3.05) is 9.80 Å². The van der Waals surface area contributed by atoms with Crippen molar-refractivity contribution in [3.05, 3.63) is 236 Å². The van der Waals surface area contributed by atoms with Crippen molar-refractivity contribution in [3.63, 3.8) is 0 Å². The number of hydrogen-bond acceptors (Lipinski definition) is 2. The molecule has 75 heavy (non-hydrogen) atoms. The predicted molar refractivity (Wildman–Crippen MR) is 325 cm³/mol. The van der Waals surface area contributed by atoms with Crippen LogP contribution in [0.1, 0.15) is 157 Å². The van der Waals surface area contributed by atoms with Gasteiger partial charge in [-0.2, -0.15) is 0 Å². The van der Waals surface area contributed by atoms with E-state index >= 15 is 0 Å². The van der Waals surface area contributed by atoms with Crippen LogP contribution in [0.3, 0.4) is 0 Å². The van der Waals surface area contributed by atoms with Gasteiger partial charge >= 0.3 is 0 Å². The van der Waals surface area contributed by atoms with Gasteiger partial charge in [-0.1, -0.05) is 174 Å². The lowest BCUT2D eigenvalue weighted by atomic mass is 9.70. The first kappa shape index (κ1) is 53.2. The van der Waals surface area contributed by atoms with Gasteiger partial charge in [0.05, 0.1) is 11.4 Å². The maximum Gasteiger partial charge on any atom is 0.0520 e. The number of benzene rings is 8. The molecular formula is C73H84N2. The summed E-state index contributed by atoms with van der Waals surface area (Å²) in [4.78, 5) is 5.10. The topological polar surface area (TPSA) is 6.48 Å². The lowest BCUT2D eigenvalue weighted by Crippen LogP contribution is -2.26. The van der Waals surface area contributed by atoms with E-state index in [1.165, 1.54) is 165 Å². The molecule has 386 valence electrons. The predicted octanol–water partition coefficient (Wildman–Crippen LogP) is 20.6. The van der Waals surface area contributed by atoms with Gasteiger partial charge in [-0.15, -0.1) is 0 Å². The zero-order chi connectivity index (χ0) is 52.6. The molecule has 0 aromatic heterocycles. The van der Waals surface area contributed by atoms with Crippen molar-refractivity contribution >= 4 is 34.1 Å². The van der Waals surface area contributed by atoms with Gasteiger partial charge in [0.1, 0.15) is 0 Å². The van der Waals surface area contributed by atoms with Gasteiger partial charge in [0.15, 0.2) is 0 Å². The largest absolute Gasteiger partial charge is 0.310 e. The first-order valence-corrected chi connectivity index (χ1v) is 29.0. The highest BCUT2D eigenvalue weighted by Crippen LogP contribution is 2.57. The maximum absolute atomic E-state index is 2.63. The van der Waals surface area contributed by atoms with Gasteiger partial charge in [0.2, 0.25) is 0 Å². The van der Waals surface area contributed by atoms with Crippen LogP contribution >= 0.6 is 0 Å². The number of para-hydroxylation sites is 2. The van der Waals surface area contributed by atoms with Crippen molar-refractivity contribution in [2.24, 2.45) is 0 Å². The molecule has 3 aliphatic rings. The average molecular weight is 989 g/mol. The third kappa shape index (κ3) is 11.1. The second kappa shape index (κ2) is 23.9. The Labute approximate surface area is 452 Å². The molecule has 2 nitrogen and oxygen atoms in total. The van der Waals surface area contributed by atoms with Gasteiger partial charge in [-0.25, -0.2) is 0 Å². The second-order valence-corrected chi connectivity index (χ2v) is 21.7. The minimum Gasteiger partial charge on any atom is -0.310 e. The summed E-state index contributed by atoms with van der Waals surface area (Å²) in [6, 6.07) is 61.2. The van der Waals surface area contributed by atoms with Crippen LogP contribution in [-0.2, 0) is 43.9 Å². The van der Waals surface area contributed by atoms with E-state index in [9.17, 15) is 0 Å². The molecule has 0 aliphatic heterocycles. The highest BCUT2D eigenvalue weighted by Gasteiger charge is 2.43. The lowest BCUT2D eigenvalue weighted by molar-refractivity contribution is 0.402. The summed E-state index contributed by atoms with van der Waals surface area (Å²) >= 11 is 0. The van der Waals surface area contributed by atoms with E-state index in [1.54, 1.807) is 22.3 Å². The SMILES string of the molecule is CC.CC.Cc1cc(C)c(N(c2ccccc2)c2ccc3c(c2)C(CCCCCc2ccc4c(c2)CC4)(CCCCCc2ccc4c(c2)CC4)c2cc(N(c4ccccc4)c4c(C)cc(C)cc4C)ccc2-3)c(C)c1. The van der Waals surface area contributed by atoms with E-state index in [0.29, 0.717) is 0 Å². The van der Waals surface area contributed by atoms with Crippen molar-refractivity contribution in [2.45, 2.75) is 165 Å². The first-order valence-electron chi connectivity index (χ1n) is 29.0. The summed E-state index contributed by atoms with van der Waals surface area (Å²) in [5.41, 5.74) is 30.2. The summed E-state index contributed by atoms with van der Waals surface area (Å²) in [6.07, 6.45) is 16.8. The van der Waals surface area contributed by atoms with Gasteiger partial charge < -0.3 is 9.80 Å². The summed E-state index contributed by atoms with van der Waals surface area (Å²) < 4.78 is 0. The molecule has 0 heterocycles. The van der Waals surface area contributed by atoms with Crippen molar-refractivity contribution in [1.29, 1.82) is 0 Å². The number of anilines is 6. The normalized spacial score (nSPS) is 13.1. The third-order valence-corrected chi connectivity index (χ3v) is 16.6. The molecule has 0 radical (unpaired) electrons. The molecule has 8 aromatic carbocycles. The molecule has 3 aliphatic carbocycles. The zero-order valence-electron chi connectivity index (χ0n) is 47.3. The van der Waals surface area contributed by atoms with Crippen LogP contribution in [-0.4, -0.2) is 0 Å². The van der Waals surface area contributed by atoms with Gasteiger partial charge in [-0.05, 0) is 232 Å². The van der Waals surface area contributed by atoms with Crippen LogP contribution < -0.4 is 9.80 Å². The Morgan fingerprint density at radius 2 is 0.720 bits per heavy atom. The number of nitrogens with zero attached hydrogens (tertiary/aromatic N) is 2. The third-order valence-electron chi connectivity index (χ3n) is 16.6. The molecule has 11 rings (SSSR count). The fourth-order valence-electron chi connectivity index (χ4n) is 13.1. The highest BCUT2D eigenvalue weighted by molar-refractivity contribution is 5.90. The van der Waals surface area contributed by atoms with Gasteiger partial charge in [0, 0.05) is 28.2 Å². The average Bonchev–Trinajstić information content (AvgIpc) is 3.66. The Bertz CT molecular complexity index is 2970. The van der Waals surface area contributed by atoms with E-state index in [0.717, 1.165) is 25.7 Å². The molecular weight excluding hydrogens is 905 g/mol. The molecule has 0 bridgehead atoms. The molecule has 2 heteroatoms. The fourth-order valence-corrected chi connectivity index (χ4v) is 13.1. The van der Waals surface area contributed by atoms with Crippen LogP contribution in [0.4, 0.5) is 34.1 Å². The van der Waals surface area contributed by atoms with Crippen molar-refractivity contribution in [3.8, 4) is 11.1 Å². The van der Waals surface area contributed by atoms with Crippen LogP contribution in [0.15, 0.2) is 158 Å². The molecule has 0 saturated heterocycles. The quantitative estimate of drug-likeness (QED) is 0.0791. The first-order chi connectivity index (χ1) is 36.6. The summed E-state index contributed by atoms with van der Waals surface area (Å²) in [5, 5.41) is 0. The second-order valence-electron chi connectivity index (χ2n) is 21.7. The van der Waals surface area contributed by atoms with Crippen LogP contribution in [0.5, 0.6) is 0 Å². The molecule has 0 atom stereocenters. The van der Waals surface area contributed by atoms with Gasteiger partial charge in [-0.3, -0.25) is 0 Å². The van der Waals surface area contributed by atoms with Crippen LogP contribution in [0.2, 0.25) is 0 Å². The Morgan fingerprint density at radius 3 is 1.07 bits per heavy atom.